The fourth-order valence-electron chi connectivity index (χ4n) is 6.87. The van der Waals surface area contributed by atoms with Gasteiger partial charge in [-0.1, -0.05) is 146 Å². The number of phenolic OH excluding ortho intramolecular Hbond substituents is 1. The molecule has 47 heavy (non-hydrogen) atoms. The molecule has 7 aromatic carbocycles. The standard InChI is InChI=1S/C44H28N2O/c47-44-37(39-26-23-32-20-19-31-22-25-38(30-14-5-2-6-15-30)45-42(31)43(32)46-39)27-33-16-8-10-18-35(33)41(44)40-34-17-9-7-13-29(34)21-24-36(40)28-11-3-1-4-12-28/h1-27,47H. The van der Waals surface area contributed by atoms with E-state index in [4.69, 9.17) is 9.97 Å². The van der Waals surface area contributed by atoms with E-state index in [2.05, 4.69) is 121 Å². The topological polar surface area (TPSA) is 46.0 Å². The fourth-order valence-corrected chi connectivity index (χ4v) is 6.87. The Morgan fingerprint density at radius 3 is 1.57 bits per heavy atom. The Bertz CT molecular complexity index is 2630. The van der Waals surface area contributed by atoms with Gasteiger partial charge in [-0.25, -0.2) is 9.97 Å². The van der Waals surface area contributed by atoms with Crippen molar-refractivity contribution >= 4 is 43.4 Å². The summed E-state index contributed by atoms with van der Waals surface area (Å²) in [6.07, 6.45) is 0. The van der Waals surface area contributed by atoms with Gasteiger partial charge in [0.2, 0.25) is 0 Å². The van der Waals surface area contributed by atoms with Crippen molar-refractivity contribution < 1.29 is 5.11 Å². The molecule has 0 aliphatic rings. The molecule has 3 nitrogen and oxygen atoms in total. The van der Waals surface area contributed by atoms with Crippen molar-refractivity contribution in [2.24, 2.45) is 0 Å². The molecule has 0 bridgehead atoms. The van der Waals surface area contributed by atoms with Crippen molar-refractivity contribution in [3.8, 4) is 50.5 Å². The Labute approximate surface area is 272 Å². The summed E-state index contributed by atoms with van der Waals surface area (Å²) in [4.78, 5) is 10.3. The largest absolute Gasteiger partial charge is 0.507 e. The number of rotatable bonds is 4. The van der Waals surface area contributed by atoms with Crippen molar-refractivity contribution in [2.75, 3.05) is 0 Å². The summed E-state index contributed by atoms with van der Waals surface area (Å²) in [5.41, 5.74) is 8.96. The third-order valence-electron chi connectivity index (χ3n) is 9.15. The van der Waals surface area contributed by atoms with Gasteiger partial charge in [-0.15, -0.1) is 0 Å². The molecule has 0 unspecified atom stereocenters. The van der Waals surface area contributed by atoms with Gasteiger partial charge in [0, 0.05) is 33.0 Å². The fraction of sp³-hybridized carbons (Fsp3) is 0. The second-order valence-electron chi connectivity index (χ2n) is 11.9. The Balaban J connectivity index is 1.34. The summed E-state index contributed by atoms with van der Waals surface area (Å²) in [6.45, 7) is 0. The lowest BCUT2D eigenvalue weighted by atomic mass is 9.85. The molecular formula is C44H28N2O. The van der Waals surface area contributed by atoms with Crippen LogP contribution < -0.4 is 0 Å². The predicted molar refractivity (Wildman–Crippen MR) is 195 cm³/mol. The first kappa shape index (κ1) is 27.0. The van der Waals surface area contributed by atoms with Crippen molar-refractivity contribution in [2.45, 2.75) is 0 Å². The van der Waals surface area contributed by atoms with Crippen LogP contribution in [0.4, 0.5) is 0 Å². The highest BCUT2D eigenvalue weighted by molar-refractivity contribution is 6.14. The van der Waals surface area contributed by atoms with Crippen LogP contribution in [0.1, 0.15) is 0 Å². The van der Waals surface area contributed by atoms with E-state index in [9.17, 15) is 5.11 Å². The molecule has 1 N–H and O–H groups in total. The lowest BCUT2D eigenvalue weighted by Gasteiger charge is -2.19. The summed E-state index contributed by atoms with van der Waals surface area (Å²) in [5, 5.41) is 18.7. The summed E-state index contributed by atoms with van der Waals surface area (Å²) in [6, 6.07) is 56.1. The van der Waals surface area contributed by atoms with Crippen molar-refractivity contribution in [3.63, 3.8) is 0 Å². The molecule has 0 atom stereocenters. The quantitative estimate of drug-likeness (QED) is 0.204. The van der Waals surface area contributed by atoms with Gasteiger partial charge < -0.3 is 5.11 Å². The molecule has 0 saturated heterocycles. The third kappa shape index (κ3) is 4.52. The Hall–Kier alpha value is -6.32. The first-order chi connectivity index (χ1) is 23.2. The highest BCUT2D eigenvalue weighted by Gasteiger charge is 2.22. The monoisotopic (exact) mass is 600 g/mol. The maximum Gasteiger partial charge on any atom is 0.133 e. The van der Waals surface area contributed by atoms with Crippen LogP contribution in [0.3, 0.4) is 0 Å². The lowest BCUT2D eigenvalue weighted by molar-refractivity contribution is 0.480. The number of nitrogens with zero attached hydrogens (tertiary/aromatic N) is 2. The van der Waals surface area contributed by atoms with Crippen LogP contribution in [0.5, 0.6) is 5.75 Å². The number of fused-ring (bicyclic) bond motifs is 5. The Morgan fingerprint density at radius 1 is 0.362 bits per heavy atom. The molecule has 0 spiro atoms. The maximum absolute atomic E-state index is 12.4. The summed E-state index contributed by atoms with van der Waals surface area (Å²) >= 11 is 0. The first-order valence-electron chi connectivity index (χ1n) is 15.8. The smallest absolute Gasteiger partial charge is 0.133 e. The molecule has 2 aromatic heterocycles. The number of aromatic hydroxyl groups is 1. The van der Waals surface area contributed by atoms with E-state index in [-0.39, 0.29) is 5.75 Å². The Kier molecular flexibility index (Phi) is 6.29. The zero-order valence-electron chi connectivity index (χ0n) is 25.4. The minimum atomic E-state index is 0.210. The van der Waals surface area contributed by atoms with Crippen LogP contribution in [0.25, 0.3) is 88.1 Å². The van der Waals surface area contributed by atoms with Crippen LogP contribution in [0, 0.1) is 0 Å². The van der Waals surface area contributed by atoms with Crippen molar-refractivity contribution in [1.29, 1.82) is 0 Å². The minimum Gasteiger partial charge on any atom is -0.507 e. The molecule has 220 valence electrons. The molecular weight excluding hydrogens is 572 g/mol. The second kappa shape index (κ2) is 10.9. The molecule has 0 fully saturated rings. The van der Waals surface area contributed by atoms with Gasteiger partial charge in [0.15, 0.2) is 0 Å². The number of benzene rings is 7. The molecule has 3 heteroatoms. The van der Waals surface area contributed by atoms with Crippen LogP contribution >= 0.6 is 0 Å². The van der Waals surface area contributed by atoms with Crippen LogP contribution in [-0.2, 0) is 0 Å². The SMILES string of the molecule is Oc1c(-c2ccc3ccc4ccc(-c5ccccc5)nc4c3n2)cc2ccccc2c1-c1c(-c2ccccc2)ccc2ccccc12. The normalized spacial score (nSPS) is 11.5. The zero-order chi connectivity index (χ0) is 31.3. The predicted octanol–water partition coefficient (Wildman–Crippen LogP) is 11.5. The molecule has 0 radical (unpaired) electrons. The van der Waals surface area contributed by atoms with Crippen LogP contribution in [0.2, 0.25) is 0 Å². The first-order valence-corrected chi connectivity index (χ1v) is 15.8. The van der Waals surface area contributed by atoms with E-state index in [0.717, 1.165) is 76.9 Å². The average molecular weight is 601 g/mol. The third-order valence-corrected chi connectivity index (χ3v) is 9.15. The number of aromatic nitrogens is 2. The molecule has 0 amide bonds. The summed E-state index contributed by atoms with van der Waals surface area (Å²) in [7, 11) is 0. The van der Waals surface area contributed by atoms with Gasteiger partial charge in [0.05, 0.1) is 22.4 Å². The highest BCUT2D eigenvalue weighted by atomic mass is 16.3. The number of pyridine rings is 2. The Morgan fingerprint density at radius 2 is 0.872 bits per heavy atom. The number of phenols is 1. The van der Waals surface area contributed by atoms with E-state index in [1.165, 1.54) is 0 Å². The van der Waals surface area contributed by atoms with E-state index >= 15 is 0 Å². The molecule has 0 saturated carbocycles. The van der Waals surface area contributed by atoms with E-state index in [1.807, 2.05) is 42.5 Å². The van der Waals surface area contributed by atoms with Gasteiger partial charge >= 0.3 is 0 Å². The summed E-state index contributed by atoms with van der Waals surface area (Å²) < 4.78 is 0. The van der Waals surface area contributed by atoms with Gasteiger partial charge in [-0.3, -0.25) is 0 Å². The summed E-state index contributed by atoms with van der Waals surface area (Å²) in [5.74, 6) is 0.210. The highest BCUT2D eigenvalue weighted by Crippen LogP contribution is 2.49. The van der Waals surface area contributed by atoms with Crippen LogP contribution in [0.15, 0.2) is 164 Å². The van der Waals surface area contributed by atoms with E-state index in [0.29, 0.717) is 11.3 Å². The average Bonchev–Trinajstić information content (AvgIpc) is 3.14. The molecule has 2 heterocycles. The van der Waals surface area contributed by atoms with Gasteiger partial charge in [-0.05, 0) is 50.9 Å². The van der Waals surface area contributed by atoms with Crippen molar-refractivity contribution in [1.82, 2.24) is 9.97 Å². The molecule has 0 aliphatic heterocycles. The van der Waals surface area contributed by atoms with Crippen molar-refractivity contribution in [3.05, 3.63) is 164 Å². The minimum absolute atomic E-state index is 0.210. The second-order valence-corrected chi connectivity index (χ2v) is 11.9. The van der Waals surface area contributed by atoms with Crippen LogP contribution in [-0.4, -0.2) is 15.1 Å². The molecule has 9 aromatic rings. The lowest BCUT2D eigenvalue weighted by Crippen LogP contribution is -1.94. The van der Waals surface area contributed by atoms with Gasteiger partial charge in [-0.2, -0.15) is 0 Å². The number of hydrogen-bond donors (Lipinski definition) is 1. The van der Waals surface area contributed by atoms with E-state index in [1.54, 1.807) is 0 Å². The van der Waals surface area contributed by atoms with E-state index < -0.39 is 0 Å². The number of hydrogen-bond acceptors (Lipinski definition) is 3. The zero-order valence-corrected chi connectivity index (χ0v) is 25.4. The molecule has 9 rings (SSSR count). The molecule has 0 aliphatic carbocycles. The maximum atomic E-state index is 12.4. The van der Waals surface area contributed by atoms with Gasteiger partial charge in [0.1, 0.15) is 5.75 Å². The van der Waals surface area contributed by atoms with Gasteiger partial charge in [0.25, 0.3) is 0 Å².